The number of likely N-dealkylation sites (tertiary alicyclic amines) is 1. The number of β-amino-alcohol motifs (C(OH)–C–C–N with tert-alkyl or cyclic N) is 1. The fraction of sp³-hybridized carbons (Fsp3) is 0.320. The molecule has 3 aromatic rings. The van der Waals surface area contributed by atoms with E-state index in [0.29, 0.717) is 18.7 Å². The van der Waals surface area contributed by atoms with E-state index in [0.717, 1.165) is 29.6 Å². The lowest BCUT2D eigenvalue weighted by Gasteiger charge is -2.28. The molecule has 0 aliphatic carbocycles. The predicted molar refractivity (Wildman–Crippen MR) is 118 cm³/mol. The van der Waals surface area contributed by atoms with Gasteiger partial charge < -0.3 is 14.6 Å². The molecule has 0 amide bonds. The van der Waals surface area contributed by atoms with E-state index in [9.17, 15) is 9.90 Å². The Balaban J connectivity index is 1.52. The highest BCUT2D eigenvalue weighted by atomic mass is 16.3. The predicted octanol–water partition coefficient (Wildman–Crippen LogP) is 4.38. The van der Waals surface area contributed by atoms with Crippen LogP contribution in [0.3, 0.4) is 0 Å². The maximum absolute atomic E-state index is 12.4. The number of allylic oxidation sites excluding steroid dienone is 1. The van der Waals surface area contributed by atoms with Crippen molar-refractivity contribution in [3.8, 4) is 0 Å². The van der Waals surface area contributed by atoms with Crippen molar-refractivity contribution in [1.82, 2.24) is 9.47 Å². The van der Waals surface area contributed by atoms with Crippen molar-refractivity contribution in [2.45, 2.75) is 31.9 Å². The summed E-state index contributed by atoms with van der Waals surface area (Å²) in [6, 6.07) is 17.5. The second-order valence-electron chi connectivity index (χ2n) is 7.83. The zero-order chi connectivity index (χ0) is 20.1. The van der Waals surface area contributed by atoms with E-state index in [4.69, 9.17) is 0 Å². The van der Waals surface area contributed by atoms with Gasteiger partial charge in [-0.25, -0.2) is 0 Å². The maximum Gasteiger partial charge on any atom is 0.185 e. The van der Waals surface area contributed by atoms with Gasteiger partial charge in [-0.15, -0.1) is 0 Å². The van der Waals surface area contributed by atoms with Crippen molar-refractivity contribution in [1.29, 1.82) is 0 Å². The quantitative estimate of drug-likeness (QED) is 0.482. The molecule has 1 aliphatic heterocycles. The Morgan fingerprint density at radius 2 is 1.69 bits per heavy atom. The highest BCUT2D eigenvalue weighted by molar-refractivity contribution is 6.07. The van der Waals surface area contributed by atoms with E-state index in [1.54, 1.807) is 6.08 Å². The molecule has 1 aromatic heterocycles. The van der Waals surface area contributed by atoms with Gasteiger partial charge in [0, 0.05) is 41.3 Å². The first-order valence-corrected chi connectivity index (χ1v) is 10.5. The van der Waals surface area contributed by atoms with Crippen LogP contribution in [0.15, 0.2) is 66.9 Å². The largest absolute Gasteiger partial charge is 0.390 e. The third kappa shape index (κ3) is 4.84. The van der Waals surface area contributed by atoms with Crippen LogP contribution in [0, 0.1) is 0 Å². The molecule has 4 rings (SSSR count). The molecule has 4 nitrogen and oxygen atoms in total. The Morgan fingerprint density at radius 1 is 0.966 bits per heavy atom. The number of piperidine rings is 1. The summed E-state index contributed by atoms with van der Waals surface area (Å²) in [6.07, 6.45) is 8.89. The van der Waals surface area contributed by atoms with E-state index in [-0.39, 0.29) is 5.78 Å². The smallest absolute Gasteiger partial charge is 0.185 e. The third-order valence-corrected chi connectivity index (χ3v) is 5.62. The molecule has 1 atom stereocenters. The average molecular weight is 389 g/mol. The normalized spacial score (nSPS) is 16.4. The molecule has 150 valence electrons. The van der Waals surface area contributed by atoms with Crippen molar-refractivity contribution in [3.63, 3.8) is 0 Å². The number of aromatic nitrogens is 1. The van der Waals surface area contributed by atoms with Crippen molar-refractivity contribution in [2.75, 3.05) is 19.6 Å². The number of rotatable bonds is 7. The van der Waals surface area contributed by atoms with Gasteiger partial charge in [0.25, 0.3) is 0 Å². The summed E-state index contributed by atoms with van der Waals surface area (Å²) < 4.78 is 2.11. The number of aliphatic hydroxyl groups excluding tert-OH is 1. The van der Waals surface area contributed by atoms with Crippen molar-refractivity contribution < 1.29 is 9.90 Å². The minimum Gasteiger partial charge on any atom is -0.390 e. The third-order valence-electron chi connectivity index (χ3n) is 5.62. The first-order valence-electron chi connectivity index (χ1n) is 10.5. The number of para-hydroxylation sites is 1. The zero-order valence-corrected chi connectivity index (χ0v) is 16.7. The minimum atomic E-state index is -0.410. The fourth-order valence-electron chi connectivity index (χ4n) is 4.15. The number of nitrogens with zero attached hydrogens (tertiary/aromatic N) is 2. The molecule has 1 fully saturated rings. The number of carbonyl (C=O) groups is 1. The van der Waals surface area contributed by atoms with Crippen LogP contribution in [0.25, 0.3) is 17.0 Å². The lowest BCUT2D eigenvalue weighted by atomic mass is 10.1. The first kappa shape index (κ1) is 19.6. The van der Waals surface area contributed by atoms with E-state index < -0.39 is 6.10 Å². The lowest BCUT2D eigenvalue weighted by molar-refractivity contribution is 0.0892. The Labute approximate surface area is 172 Å². The summed E-state index contributed by atoms with van der Waals surface area (Å²) in [5.41, 5.74) is 2.76. The average Bonchev–Trinajstić information content (AvgIpc) is 3.11. The van der Waals surface area contributed by atoms with Gasteiger partial charge in [-0.3, -0.25) is 4.79 Å². The fourth-order valence-corrected chi connectivity index (χ4v) is 4.15. The van der Waals surface area contributed by atoms with Crippen molar-refractivity contribution >= 4 is 22.8 Å². The van der Waals surface area contributed by atoms with Crippen LogP contribution in [0.1, 0.15) is 35.2 Å². The van der Waals surface area contributed by atoms with Crippen LogP contribution in [-0.4, -0.2) is 46.1 Å². The molecule has 0 spiro atoms. The summed E-state index contributed by atoms with van der Waals surface area (Å²) in [7, 11) is 0. The highest BCUT2D eigenvalue weighted by Crippen LogP contribution is 2.23. The van der Waals surface area contributed by atoms with E-state index in [1.165, 1.54) is 19.3 Å². The molecule has 1 saturated heterocycles. The monoisotopic (exact) mass is 388 g/mol. The molecule has 1 aliphatic rings. The van der Waals surface area contributed by atoms with Gasteiger partial charge >= 0.3 is 0 Å². The molecular formula is C25H28N2O2. The van der Waals surface area contributed by atoms with Crippen LogP contribution in [-0.2, 0) is 6.54 Å². The number of ketones is 1. The topological polar surface area (TPSA) is 45.5 Å². The lowest BCUT2D eigenvalue weighted by Crippen LogP contribution is -2.37. The van der Waals surface area contributed by atoms with Crippen LogP contribution >= 0.6 is 0 Å². The van der Waals surface area contributed by atoms with Crippen LogP contribution in [0.2, 0.25) is 0 Å². The summed E-state index contributed by atoms with van der Waals surface area (Å²) >= 11 is 0. The molecule has 0 bridgehead atoms. The Bertz CT molecular complexity index is 984. The summed E-state index contributed by atoms with van der Waals surface area (Å²) in [5, 5.41) is 11.7. The summed E-state index contributed by atoms with van der Waals surface area (Å²) in [6.45, 7) is 3.43. The molecule has 0 saturated carbocycles. The van der Waals surface area contributed by atoms with Crippen LogP contribution < -0.4 is 0 Å². The van der Waals surface area contributed by atoms with E-state index in [2.05, 4.69) is 21.6 Å². The van der Waals surface area contributed by atoms with Gasteiger partial charge in [0.1, 0.15) is 0 Å². The van der Waals surface area contributed by atoms with E-state index in [1.807, 2.05) is 54.7 Å². The van der Waals surface area contributed by atoms with Crippen molar-refractivity contribution in [3.05, 3.63) is 78.0 Å². The van der Waals surface area contributed by atoms with Crippen molar-refractivity contribution in [2.24, 2.45) is 0 Å². The van der Waals surface area contributed by atoms with Gasteiger partial charge in [-0.2, -0.15) is 0 Å². The first-order chi connectivity index (χ1) is 14.2. The number of hydrogen-bond acceptors (Lipinski definition) is 3. The number of benzene rings is 2. The number of fused-ring (bicyclic) bond motifs is 1. The molecular weight excluding hydrogens is 360 g/mol. The number of carbonyl (C=O) groups excluding carboxylic acids is 1. The Hall–Kier alpha value is -2.69. The molecule has 1 N–H and O–H groups in total. The van der Waals surface area contributed by atoms with Gasteiger partial charge in [0.2, 0.25) is 0 Å². The van der Waals surface area contributed by atoms with Crippen LogP contribution in [0.5, 0.6) is 0 Å². The second kappa shape index (κ2) is 9.21. The summed E-state index contributed by atoms with van der Waals surface area (Å²) in [4.78, 5) is 14.8. The minimum absolute atomic E-state index is 0.00688. The van der Waals surface area contributed by atoms with Crippen LogP contribution in [0.4, 0.5) is 0 Å². The van der Waals surface area contributed by atoms with Gasteiger partial charge in [-0.1, -0.05) is 55.0 Å². The number of hydrogen-bond donors (Lipinski definition) is 1. The second-order valence-corrected chi connectivity index (χ2v) is 7.83. The maximum atomic E-state index is 12.4. The molecule has 0 radical (unpaired) electrons. The SMILES string of the molecule is O=C(C=Cc1cn(CC(O)CN2CCCCC2)c2ccccc12)c1ccccc1. The highest BCUT2D eigenvalue weighted by Gasteiger charge is 2.16. The Morgan fingerprint density at radius 3 is 2.48 bits per heavy atom. The standard InChI is InChI=1S/C25H28N2O2/c28-22(18-26-15-7-2-8-16-26)19-27-17-21(23-11-5-6-12-24(23)27)13-14-25(29)20-9-3-1-4-10-20/h1,3-6,9-14,17,22,28H,2,7-8,15-16,18-19H2. The molecule has 2 aromatic carbocycles. The molecule has 1 unspecified atom stereocenters. The van der Waals surface area contributed by atoms with E-state index >= 15 is 0 Å². The molecule has 4 heteroatoms. The molecule has 2 heterocycles. The zero-order valence-electron chi connectivity index (χ0n) is 16.7. The summed E-state index contributed by atoms with van der Waals surface area (Å²) in [5.74, 6) is -0.00688. The van der Waals surface area contributed by atoms with Gasteiger partial charge in [-0.05, 0) is 44.1 Å². The number of aliphatic hydroxyl groups is 1. The van der Waals surface area contributed by atoms with Gasteiger partial charge in [0.15, 0.2) is 5.78 Å². The molecule has 29 heavy (non-hydrogen) atoms. The van der Waals surface area contributed by atoms with Gasteiger partial charge in [0.05, 0.1) is 6.10 Å². The Kier molecular flexibility index (Phi) is 6.23.